The van der Waals surface area contributed by atoms with Gasteiger partial charge in [-0.15, -0.1) is 0 Å². The van der Waals surface area contributed by atoms with Crippen molar-refractivity contribution in [2.75, 3.05) is 13.1 Å². The van der Waals surface area contributed by atoms with Gasteiger partial charge in [0, 0.05) is 56.7 Å². The molecule has 130 valence electrons. The second kappa shape index (κ2) is 6.92. The molecule has 2 aromatic heterocycles. The van der Waals surface area contributed by atoms with Crippen molar-refractivity contribution in [3.05, 3.63) is 60.2 Å². The van der Waals surface area contributed by atoms with E-state index in [1.54, 1.807) is 12.4 Å². The number of rotatable bonds is 4. The summed E-state index contributed by atoms with van der Waals surface area (Å²) in [6, 6.07) is 10.1. The molecular formula is C20H24N4O. The summed E-state index contributed by atoms with van der Waals surface area (Å²) >= 11 is 0. The van der Waals surface area contributed by atoms with E-state index in [1.165, 1.54) is 5.56 Å². The van der Waals surface area contributed by atoms with E-state index in [0.29, 0.717) is 18.9 Å². The number of likely N-dealkylation sites (tertiary alicyclic amines) is 2. The normalized spacial score (nSPS) is 20.3. The summed E-state index contributed by atoms with van der Waals surface area (Å²) in [7, 11) is 0. The zero-order chi connectivity index (χ0) is 17.1. The third-order valence-corrected chi connectivity index (χ3v) is 5.67. The summed E-state index contributed by atoms with van der Waals surface area (Å²) in [5.41, 5.74) is 2.33. The van der Waals surface area contributed by atoms with Gasteiger partial charge < -0.3 is 4.90 Å². The maximum atomic E-state index is 12.5. The van der Waals surface area contributed by atoms with Gasteiger partial charge in [-0.25, -0.2) is 0 Å². The van der Waals surface area contributed by atoms with E-state index in [2.05, 4.69) is 25.8 Å². The average molecular weight is 336 g/mol. The third-order valence-electron chi connectivity index (χ3n) is 5.67. The monoisotopic (exact) mass is 336 g/mol. The number of hydrogen-bond acceptors (Lipinski definition) is 4. The quantitative estimate of drug-likeness (QED) is 0.861. The lowest BCUT2D eigenvalue weighted by Gasteiger charge is -2.45. The largest absolute Gasteiger partial charge is 0.333 e. The number of pyridine rings is 2. The molecule has 0 aromatic carbocycles. The molecule has 4 rings (SSSR count). The van der Waals surface area contributed by atoms with Gasteiger partial charge in [-0.3, -0.25) is 19.7 Å². The van der Waals surface area contributed by atoms with E-state index < -0.39 is 0 Å². The fourth-order valence-electron chi connectivity index (χ4n) is 4.17. The van der Waals surface area contributed by atoms with Crippen LogP contribution in [0.25, 0.3) is 0 Å². The van der Waals surface area contributed by atoms with Gasteiger partial charge in [0.1, 0.15) is 0 Å². The van der Waals surface area contributed by atoms with Crippen LogP contribution in [-0.2, 0) is 17.9 Å². The molecule has 2 saturated heterocycles. The number of carbonyl (C=O) groups excluding carboxylic acids is 1. The van der Waals surface area contributed by atoms with Crippen LogP contribution in [0.15, 0.2) is 48.9 Å². The summed E-state index contributed by atoms with van der Waals surface area (Å²) in [4.78, 5) is 25.6. The Morgan fingerprint density at radius 1 is 0.960 bits per heavy atom. The van der Waals surface area contributed by atoms with Crippen molar-refractivity contribution in [2.45, 2.75) is 44.3 Å². The Labute approximate surface area is 148 Å². The molecule has 2 aliphatic heterocycles. The number of aromatic nitrogens is 2. The van der Waals surface area contributed by atoms with Crippen molar-refractivity contribution < 1.29 is 4.79 Å². The lowest BCUT2D eigenvalue weighted by atomic mass is 9.84. The second-order valence-electron chi connectivity index (χ2n) is 7.16. The molecule has 0 bridgehead atoms. The van der Waals surface area contributed by atoms with Crippen LogP contribution in [0.2, 0.25) is 0 Å². The van der Waals surface area contributed by atoms with E-state index in [0.717, 1.165) is 44.6 Å². The molecule has 2 fully saturated rings. The highest BCUT2D eigenvalue weighted by atomic mass is 16.2. The smallest absolute Gasteiger partial charge is 0.223 e. The molecule has 0 radical (unpaired) electrons. The first-order valence-electron chi connectivity index (χ1n) is 9.07. The maximum absolute atomic E-state index is 12.5. The van der Waals surface area contributed by atoms with E-state index in [-0.39, 0.29) is 5.54 Å². The second-order valence-corrected chi connectivity index (χ2v) is 7.16. The highest BCUT2D eigenvalue weighted by Crippen LogP contribution is 2.40. The minimum Gasteiger partial charge on any atom is -0.333 e. The van der Waals surface area contributed by atoms with Gasteiger partial charge in [0.2, 0.25) is 5.91 Å². The van der Waals surface area contributed by atoms with Crippen LogP contribution in [0, 0.1) is 0 Å². The average Bonchev–Trinajstić information content (AvgIpc) is 2.95. The number of amides is 1. The zero-order valence-corrected chi connectivity index (χ0v) is 14.5. The first-order valence-corrected chi connectivity index (χ1v) is 9.07. The molecule has 0 unspecified atom stereocenters. The summed E-state index contributed by atoms with van der Waals surface area (Å²) in [6.45, 7) is 3.66. The van der Waals surface area contributed by atoms with Crippen LogP contribution in [-0.4, -0.2) is 44.3 Å². The lowest BCUT2D eigenvalue weighted by Crippen LogP contribution is -2.52. The van der Waals surface area contributed by atoms with Crippen molar-refractivity contribution in [1.82, 2.24) is 19.8 Å². The molecule has 0 atom stereocenters. The predicted octanol–water partition coefficient (Wildman–Crippen LogP) is 2.63. The summed E-state index contributed by atoms with van der Waals surface area (Å²) in [5, 5.41) is 0. The Bertz CT molecular complexity index is 711. The zero-order valence-electron chi connectivity index (χ0n) is 14.5. The van der Waals surface area contributed by atoms with Crippen LogP contribution in [0.3, 0.4) is 0 Å². The van der Waals surface area contributed by atoms with E-state index in [9.17, 15) is 4.79 Å². The number of piperidine rings is 1. The van der Waals surface area contributed by atoms with Crippen molar-refractivity contribution >= 4 is 5.91 Å². The summed E-state index contributed by atoms with van der Waals surface area (Å²) in [5.74, 6) is 0.301. The van der Waals surface area contributed by atoms with Crippen LogP contribution in [0.1, 0.15) is 36.9 Å². The molecule has 1 spiro atoms. The molecule has 2 aliphatic rings. The Hall–Kier alpha value is -2.27. The first-order chi connectivity index (χ1) is 12.3. The van der Waals surface area contributed by atoms with Crippen LogP contribution < -0.4 is 0 Å². The topological polar surface area (TPSA) is 49.3 Å². The molecule has 25 heavy (non-hydrogen) atoms. The molecule has 0 aliphatic carbocycles. The fourth-order valence-corrected chi connectivity index (χ4v) is 4.17. The number of nitrogens with zero attached hydrogens (tertiary/aromatic N) is 4. The molecule has 2 aromatic rings. The Kier molecular flexibility index (Phi) is 4.49. The van der Waals surface area contributed by atoms with Crippen LogP contribution >= 0.6 is 0 Å². The molecule has 0 saturated carbocycles. The molecule has 5 heteroatoms. The SMILES string of the molecule is O=C1CCC2(CCN(Cc3ccccn3)CC2)N1Cc1ccncc1. The lowest BCUT2D eigenvalue weighted by molar-refractivity contribution is -0.133. The molecule has 4 heterocycles. The molecule has 0 N–H and O–H groups in total. The van der Waals surface area contributed by atoms with Gasteiger partial charge in [-0.1, -0.05) is 6.07 Å². The Balaban J connectivity index is 1.42. The van der Waals surface area contributed by atoms with Crippen molar-refractivity contribution in [2.24, 2.45) is 0 Å². The third kappa shape index (κ3) is 3.42. The molecule has 1 amide bonds. The minimum atomic E-state index is 0.0426. The first kappa shape index (κ1) is 16.2. The molecular weight excluding hydrogens is 312 g/mol. The van der Waals surface area contributed by atoms with E-state index >= 15 is 0 Å². The molecule has 5 nitrogen and oxygen atoms in total. The van der Waals surface area contributed by atoms with Gasteiger partial charge in [0.15, 0.2) is 0 Å². The van der Waals surface area contributed by atoms with Crippen LogP contribution in [0.4, 0.5) is 0 Å². The highest BCUT2D eigenvalue weighted by molar-refractivity contribution is 5.79. The van der Waals surface area contributed by atoms with Gasteiger partial charge in [-0.2, -0.15) is 0 Å². The van der Waals surface area contributed by atoms with Crippen LogP contribution in [0.5, 0.6) is 0 Å². The van der Waals surface area contributed by atoms with Gasteiger partial charge in [0.05, 0.1) is 5.69 Å². The summed E-state index contributed by atoms with van der Waals surface area (Å²) in [6.07, 6.45) is 9.25. The Morgan fingerprint density at radius 2 is 1.76 bits per heavy atom. The van der Waals surface area contributed by atoms with Gasteiger partial charge >= 0.3 is 0 Å². The van der Waals surface area contributed by atoms with Gasteiger partial charge in [0.25, 0.3) is 0 Å². The number of hydrogen-bond donors (Lipinski definition) is 0. The van der Waals surface area contributed by atoms with E-state index in [1.807, 2.05) is 30.5 Å². The fraction of sp³-hybridized carbons (Fsp3) is 0.450. The van der Waals surface area contributed by atoms with Gasteiger partial charge in [-0.05, 0) is 49.1 Å². The number of carbonyl (C=O) groups is 1. The Morgan fingerprint density at radius 3 is 2.48 bits per heavy atom. The summed E-state index contributed by atoms with van der Waals surface area (Å²) < 4.78 is 0. The van der Waals surface area contributed by atoms with E-state index in [4.69, 9.17) is 0 Å². The predicted molar refractivity (Wildman–Crippen MR) is 95.5 cm³/mol. The highest BCUT2D eigenvalue weighted by Gasteiger charge is 2.46. The minimum absolute atomic E-state index is 0.0426. The van der Waals surface area contributed by atoms with Crippen molar-refractivity contribution in [1.29, 1.82) is 0 Å². The van der Waals surface area contributed by atoms with Crippen molar-refractivity contribution in [3.63, 3.8) is 0 Å². The standard InChI is InChI=1S/C20H24N4O/c25-19-4-7-20(24(19)15-17-5-11-21-12-6-17)8-13-23(14-9-20)16-18-3-1-2-10-22-18/h1-3,5-6,10-12H,4,7-9,13-16H2. The maximum Gasteiger partial charge on any atom is 0.223 e. The van der Waals surface area contributed by atoms with Crippen molar-refractivity contribution in [3.8, 4) is 0 Å².